The SMILES string of the molecule is CCc1cc2c(s1)NC(C)N=C2N1C[C@H](C)N(C(=O)OCc2ccccc2)C[C@H]1C. The Hall–Kier alpha value is -2.54. The van der Waals surface area contributed by atoms with Crippen molar-refractivity contribution in [3.63, 3.8) is 0 Å². The minimum Gasteiger partial charge on any atom is -0.445 e. The highest BCUT2D eigenvalue weighted by Gasteiger charge is 2.36. The molecule has 1 N–H and O–H groups in total. The van der Waals surface area contributed by atoms with Crippen LogP contribution in [0.2, 0.25) is 0 Å². The largest absolute Gasteiger partial charge is 0.445 e. The number of ether oxygens (including phenoxy) is 1. The molecule has 3 atom stereocenters. The molecular formula is C23H30N4O2S. The van der Waals surface area contributed by atoms with Crippen LogP contribution >= 0.6 is 11.3 Å². The summed E-state index contributed by atoms with van der Waals surface area (Å²) in [5.41, 5.74) is 2.19. The van der Waals surface area contributed by atoms with Gasteiger partial charge in [0.05, 0.1) is 5.56 Å². The van der Waals surface area contributed by atoms with E-state index < -0.39 is 0 Å². The molecule has 160 valence electrons. The summed E-state index contributed by atoms with van der Waals surface area (Å²) in [7, 11) is 0. The zero-order valence-electron chi connectivity index (χ0n) is 18.1. The van der Waals surface area contributed by atoms with Gasteiger partial charge in [0.2, 0.25) is 0 Å². The first-order valence-corrected chi connectivity index (χ1v) is 11.5. The molecule has 1 unspecified atom stereocenters. The van der Waals surface area contributed by atoms with E-state index in [-0.39, 0.29) is 24.3 Å². The molecule has 0 aliphatic carbocycles. The Morgan fingerprint density at radius 3 is 2.70 bits per heavy atom. The Kier molecular flexibility index (Phi) is 5.99. The molecule has 0 saturated carbocycles. The minimum atomic E-state index is -0.247. The third-order valence-electron chi connectivity index (χ3n) is 5.73. The number of carbonyl (C=O) groups is 1. The first kappa shape index (κ1) is 20.7. The van der Waals surface area contributed by atoms with E-state index in [1.54, 1.807) is 0 Å². The summed E-state index contributed by atoms with van der Waals surface area (Å²) in [5, 5.41) is 4.69. The molecule has 0 spiro atoms. The van der Waals surface area contributed by atoms with Crippen LogP contribution in [0.1, 0.15) is 43.7 Å². The number of hydrogen-bond acceptors (Lipinski definition) is 6. The lowest BCUT2D eigenvalue weighted by Gasteiger charge is -2.45. The van der Waals surface area contributed by atoms with Gasteiger partial charge in [-0.3, -0.25) is 0 Å². The summed E-state index contributed by atoms with van der Waals surface area (Å²) in [6, 6.07) is 12.3. The lowest BCUT2D eigenvalue weighted by atomic mass is 10.1. The molecule has 1 saturated heterocycles. The molecule has 2 aliphatic rings. The van der Waals surface area contributed by atoms with Crippen LogP contribution in [0.3, 0.4) is 0 Å². The van der Waals surface area contributed by atoms with Crippen molar-refractivity contribution >= 4 is 28.3 Å². The molecule has 6 nitrogen and oxygen atoms in total. The zero-order chi connectivity index (χ0) is 21.3. The van der Waals surface area contributed by atoms with E-state index >= 15 is 0 Å². The van der Waals surface area contributed by atoms with E-state index in [1.165, 1.54) is 15.4 Å². The smallest absolute Gasteiger partial charge is 0.410 e. The van der Waals surface area contributed by atoms with E-state index in [0.717, 1.165) is 24.4 Å². The summed E-state index contributed by atoms with van der Waals surface area (Å²) in [6.07, 6.45) is 0.823. The molecule has 1 aromatic carbocycles. The Bertz CT molecular complexity index is 927. The fourth-order valence-electron chi connectivity index (χ4n) is 4.07. The molecule has 1 amide bonds. The number of fused-ring (bicyclic) bond motifs is 1. The summed E-state index contributed by atoms with van der Waals surface area (Å²) < 4.78 is 5.59. The van der Waals surface area contributed by atoms with Crippen LogP contribution in [0.15, 0.2) is 41.4 Å². The quantitative estimate of drug-likeness (QED) is 0.782. The van der Waals surface area contributed by atoms with Crippen LogP contribution < -0.4 is 5.32 Å². The van der Waals surface area contributed by atoms with Gasteiger partial charge in [0.1, 0.15) is 23.6 Å². The molecule has 4 rings (SSSR count). The van der Waals surface area contributed by atoms with Crippen LogP contribution in [0.5, 0.6) is 0 Å². The highest BCUT2D eigenvalue weighted by molar-refractivity contribution is 7.16. The number of hydrogen-bond donors (Lipinski definition) is 1. The van der Waals surface area contributed by atoms with Crippen molar-refractivity contribution in [2.75, 3.05) is 18.4 Å². The number of aliphatic imine (C=N–C) groups is 1. The van der Waals surface area contributed by atoms with E-state index in [9.17, 15) is 4.79 Å². The van der Waals surface area contributed by atoms with Crippen molar-refractivity contribution in [1.82, 2.24) is 9.80 Å². The van der Waals surface area contributed by atoms with Gasteiger partial charge >= 0.3 is 6.09 Å². The van der Waals surface area contributed by atoms with Crippen LogP contribution in [0.25, 0.3) is 0 Å². The van der Waals surface area contributed by atoms with Crippen molar-refractivity contribution in [2.45, 2.75) is 59.0 Å². The van der Waals surface area contributed by atoms with Gasteiger partial charge in [-0.25, -0.2) is 9.79 Å². The standard InChI is InChI=1S/C23H30N4O2S/c1-5-19-11-20-21(24-17(4)25-22(20)30-19)26-12-16(3)27(13-15(26)2)23(28)29-14-18-9-7-6-8-10-18/h6-11,15-17,25H,5,12-14H2,1-4H3/t15-,16+,17?/m1/s1. The molecule has 0 radical (unpaired) electrons. The van der Waals surface area contributed by atoms with E-state index in [4.69, 9.17) is 9.73 Å². The van der Waals surface area contributed by atoms with Crippen LogP contribution in [-0.2, 0) is 17.8 Å². The average Bonchev–Trinajstić information content (AvgIpc) is 3.16. The molecule has 1 aromatic heterocycles. The number of thiophene rings is 1. The topological polar surface area (TPSA) is 57.2 Å². The number of benzene rings is 1. The molecule has 2 aromatic rings. The van der Waals surface area contributed by atoms with Crippen LogP contribution in [-0.4, -0.2) is 53.1 Å². The van der Waals surface area contributed by atoms with Crippen molar-refractivity contribution in [1.29, 1.82) is 0 Å². The highest BCUT2D eigenvalue weighted by atomic mass is 32.1. The van der Waals surface area contributed by atoms with Gasteiger partial charge in [-0.15, -0.1) is 11.3 Å². The minimum absolute atomic E-state index is 0.0464. The predicted molar refractivity (Wildman–Crippen MR) is 122 cm³/mol. The number of rotatable bonds is 3. The number of aryl methyl sites for hydroxylation is 1. The van der Waals surface area contributed by atoms with E-state index in [1.807, 2.05) is 46.6 Å². The third-order valence-corrected chi connectivity index (χ3v) is 6.94. The fraction of sp³-hybridized carbons (Fsp3) is 0.478. The number of amidine groups is 1. The van der Waals surface area contributed by atoms with E-state index in [0.29, 0.717) is 13.2 Å². The Morgan fingerprint density at radius 1 is 1.20 bits per heavy atom. The normalized spacial score (nSPS) is 23.5. The lowest BCUT2D eigenvalue weighted by Crippen LogP contribution is -2.60. The molecule has 30 heavy (non-hydrogen) atoms. The van der Waals surface area contributed by atoms with Crippen molar-refractivity contribution in [2.24, 2.45) is 4.99 Å². The average molecular weight is 427 g/mol. The second-order valence-corrected chi connectivity index (χ2v) is 9.26. The predicted octanol–water partition coefficient (Wildman–Crippen LogP) is 4.56. The number of nitrogens with one attached hydrogen (secondary N) is 1. The molecule has 3 heterocycles. The Labute approximate surface area is 182 Å². The first-order valence-electron chi connectivity index (χ1n) is 10.7. The van der Waals surface area contributed by atoms with Gasteiger partial charge < -0.3 is 19.9 Å². The Balaban J connectivity index is 1.46. The summed E-state index contributed by atoms with van der Waals surface area (Å²) >= 11 is 1.82. The summed E-state index contributed by atoms with van der Waals surface area (Å²) in [4.78, 5) is 23.2. The van der Waals surface area contributed by atoms with Gasteiger partial charge in [-0.05, 0) is 38.8 Å². The molecule has 0 bridgehead atoms. The number of anilines is 1. The van der Waals surface area contributed by atoms with Gasteiger partial charge in [0.15, 0.2) is 0 Å². The fourth-order valence-corrected chi connectivity index (χ4v) is 5.14. The number of carbonyl (C=O) groups excluding carboxylic acids is 1. The molecule has 1 fully saturated rings. The third kappa shape index (κ3) is 4.17. The number of nitrogens with zero attached hydrogens (tertiary/aromatic N) is 3. The monoisotopic (exact) mass is 426 g/mol. The summed E-state index contributed by atoms with van der Waals surface area (Å²) in [5.74, 6) is 1.05. The van der Waals surface area contributed by atoms with Crippen LogP contribution in [0, 0.1) is 0 Å². The van der Waals surface area contributed by atoms with Gasteiger partial charge in [0, 0.05) is 30.1 Å². The lowest BCUT2D eigenvalue weighted by molar-refractivity contribution is 0.0474. The van der Waals surface area contributed by atoms with E-state index in [2.05, 4.69) is 44.0 Å². The van der Waals surface area contributed by atoms with Crippen LogP contribution in [0.4, 0.5) is 9.80 Å². The number of piperazine rings is 1. The maximum absolute atomic E-state index is 12.7. The second-order valence-electron chi connectivity index (χ2n) is 8.13. The molecule has 7 heteroatoms. The Morgan fingerprint density at radius 2 is 1.97 bits per heavy atom. The first-order chi connectivity index (χ1) is 14.5. The molecule has 2 aliphatic heterocycles. The molecular weight excluding hydrogens is 396 g/mol. The highest BCUT2D eigenvalue weighted by Crippen LogP contribution is 2.34. The second kappa shape index (κ2) is 8.68. The van der Waals surface area contributed by atoms with Crippen molar-refractivity contribution in [3.05, 3.63) is 52.4 Å². The van der Waals surface area contributed by atoms with Crippen molar-refractivity contribution in [3.8, 4) is 0 Å². The van der Waals surface area contributed by atoms with Gasteiger partial charge in [0.25, 0.3) is 0 Å². The summed E-state index contributed by atoms with van der Waals surface area (Å²) in [6.45, 7) is 10.2. The zero-order valence-corrected chi connectivity index (χ0v) is 18.9. The maximum atomic E-state index is 12.7. The van der Waals surface area contributed by atoms with Crippen molar-refractivity contribution < 1.29 is 9.53 Å². The number of amides is 1. The van der Waals surface area contributed by atoms with Gasteiger partial charge in [-0.1, -0.05) is 37.3 Å². The maximum Gasteiger partial charge on any atom is 0.410 e. The van der Waals surface area contributed by atoms with Gasteiger partial charge in [-0.2, -0.15) is 0 Å².